The predicted octanol–water partition coefficient (Wildman–Crippen LogP) is 1.86. The lowest BCUT2D eigenvalue weighted by molar-refractivity contribution is -0.139. The van der Waals surface area contributed by atoms with Gasteiger partial charge in [0.2, 0.25) is 0 Å². The van der Waals surface area contributed by atoms with Crippen LogP contribution in [0.25, 0.3) is 0 Å². The molecule has 0 aliphatic carbocycles. The van der Waals surface area contributed by atoms with Gasteiger partial charge in [0.1, 0.15) is 0 Å². The zero-order chi connectivity index (χ0) is 11.5. The summed E-state index contributed by atoms with van der Waals surface area (Å²) < 4.78 is 36.0. The van der Waals surface area contributed by atoms with E-state index in [-0.39, 0.29) is 6.54 Å². The normalized spacial score (nSPS) is 29.4. The maximum absolute atomic E-state index is 12.0. The van der Waals surface area contributed by atoms with Crippen molar-refractivity contribution < 1.29 is 13.2 Å². The van der Waals surface area contributed by atoms with E-state index >= 15 is 0 Å². The van der Waals surface area contributed by atoms with Crippen LogP contribution in [0, 0.1) is 11.8 Å². The van der Waals surface area contributed by atoms with Crippen LogP contribution in [-0.4, -0.2) is 37.3 Å². The van der Waals surface area contributed by atoms with Crippen LogP contribution in [0.5, 0.6) is 0 Å². The topological polar surface area (TPSA) is 29.3 Å². The molecule has 0 spiro atoms. The van der Waals surface area contributed by atoms with Crippen molar-refractivity contribution in [1.29, 1.82) is 0 Å². The molecule has 1 heterocycles. The van der Waals surface area contributed by atoms with Crippen molar-refractivity contribution in [3.05, 3.63) is 0 Å². The summed E-state index contributed by atoms with van der Waals surface area (Å²) in [6.07, 6.45) is -3.79. The van der Waals surface area contributed by atoms with E-state index in [1.54, 1.807) is 0 Å². The summed E-state index contributed by atoms with van der Waals surface area (Å²) in [4.78, 5) is 1.88. The Hall–Kier alpha value is -0.290. The van der Waals surface area contributed by atoms with Crippen LogP contribution in [0.15, 0.2) is 0 Å². The van der Waals surface area contributed by atoms with Gasteiger partial charge in [-0.3, -0.25) is 0 Å². The summed E-state index contributed by atoms with van der Waals surface area (Å²) in [5.41, 5.74) is 5.59. The first-order valence-corrected chi connectivity index (χ1v) is 5.41. The molecule has 1 aliphatic heterocycles. The molecular weight excluding hydrogens is 205 g/mol. The Kier molecular flexibility index (Phi) is 4.40. The quantitative estimate of drug-likeness (QED) is 0.792. The minimum atomic E-state index is -4.04. The lowest BCUT2D eigenvalue weighted by Gasteiger charge is -2.36. The van der Waals surface area contributed by atoms with Gasteiger partial charge in [-0.05, 0) is 31.3 Å². The molecule has 1 fully saturated rings. The second-order valence-corrected chi connectivity index (χ2v) is 4.43. The third-order valence-corrected chi connectivity index (χ3v) is 3.21. The Morgan fingerprint density at radius 1 is 1.40 bits per heavy atom. The number of likely N-dealkylation sites (tertiary alicyclic amines) is 1. The highest BCUT2D eigenvalue weighted by Gasteiger charge is 2.30. The van der Waals surface area contributed by atoms with Crippen molar-refractivity contribution in [1.82, 2.24) is 4.90 Å². The monoisotopic (exact) mass is 224 g/mol. The van der Waals surface area contributed by atoms with Gasteiger partial charge >= 0.3 is 6.18 Å². The van der Waals surface area contributed by atoms with Crippen LogP contribution in [0.2, 0.25) is 0 Å². The highest BCUT2D eigenvalue weighted by Crippen LogP contribution is 2.25. The molecule has 0 aromatic rings. The molecule has 1 saturated heterocycles. The molecule has 0 aromatic carbocycles. The number of halogens is 3. The Bertz CT molecular complexity index is 194. The van der Waals surface area contributed by atoms with Crippen molar-refractivity contribution in [2.24, 2.45) is 17.6 Å². The summed E-state index contributed by atoms with van der Waals surface area (Å²) >= 11 is 0. The van der Waals surface area contributed by atoms with Crippen LogP contribution in [0.1, 0.15) is 19.8 Å². The van der Waals surface area contributed by atoms with Crippen molar-refractivity contribution >= 4 is 0 Å². The predicted molar refractivity (Wildman–Crippen MR) is 53.4 cm³/mol. The Morgan fingerprint density at radius 2 is 2.07 bits per heavy atom. The first kappa shape index (κ1) is 12.8. The van der Waals surface area contributed by atoms with Gasteiger partial charge in [-0.15, -0.1) is 0 Å². The van der Waals surface area contributed by atoms with Crippen molar-refractivity contribution in [3.8, 4) is 0 Å². The molecule has 0 radical (unpaired) electrons. The minimum Gasteiger partial charge on any atom is -0.330 e. The molecule has 2 unspecified atom stereocenters. The second kappa shape index (κ2) is 5.16. The van der Waals surface area contributed by atoms with E-state index in [0.717, 1.165) is 13.0 Å². The zero-order valence-corrected chi connectivity index (χ0v) is 9.06. The number of hydrogen-bond acceptors (Lipinski definition) is 2. The third-order valence-electron chi connectivity index (χ3n) is 3.21. The van der Waals surface area contributed by atoms with Gasteiger partial charge < -0.3 is 10.6 Å². The molecule has 2 N–H and O–H groups in total. The summed E-state index contributed by atoms with van der Waals surface area (Å²) in [6, 6.07) is 0. The highest BCUT2D eigenvalue weighted by atomic mass is 19.4. The van der Waals surface area contributed by atoms with E-state index in [1.165, 1.54) is 0 Å². The van der Waals surface area contributed by atoms with Gasteiger partial charge in [0.25, 0.3) is 0 Å². The van der Waals surface area contributed by atoms with Crippen LogP contribution < -0.4 is 5.73 Å². The summed E-state index contributed by atoms with van der Waals surface area (Å²) in [7, 11) is 0. The Labute approximate surface area is 88.6 Å². The fourth-order valence-corrected chi connectivity index (χ4v) is 2.02. The summed E-state index contributed by atoms with van der Waals surface area (Å²) in [5, 5.41) is 0. The average molecular weight is 224 g/mol. The van der Waals surface area contributed by atoms with E-state index in [4.69, 9.17) is 5.73 Å². The van der Waals surface area contributed by atoms with Gasteiger partial charge in [0.05, 0.1) is 6.42 Å². The fourth-order valence-electron chi connectivity index (χ4n) is 2.02. The maximum Gasteiger partial charge on any atom is 0.390 e. The number of nitrogens with zero attached hydrogens (tertiary/aromatic N) is 1. The van der Waals surface area contributed by atoms with Crippen LogP contribution >= 0.6 is 0 Å². The molecule has 0 aromatic heterocycles. The average Bonchev–Trinajstić information content (AvgIpc) is 2.15. The minimum absolute atomic E-state index is 0.118. The SMILES string of the molecule is CC1CCN(CCC(F)(F)F)CC1CN. The van der Waals surface area contributed by atoms with Gasteiger partial charge in [0.15, 0.2) is 0 Å². The first-order valence-electron chi connectivity index (χ1n) is 5.41. The standard InChI is InChI=1S/C10H19F3N2/c1-8-2-4-15(7-9(8)6-14)5-3-10(11,12)13/h8-9H,2-7,14H2,1H3. The largest absolute Gasteiger partial charge is 0.390 e. The van der Waals surface area contributed by atoms with Crippen LogP contribution in [-0.2, 0) is 0 Å². The lowest BCUT2D eigenvalue weighted by atomic mass is 9.87. The van der Waals surface area contributed by atoms with Crippen molar-refractivity contribution in [2.75, 3.05) is 26.2 Å². The van der Waals surface area contributed by atoms with Crippen LogP contribution in [0.4, 0.5) is 13.2 Å². The first-order chi connectivity index (χ1) is 6.92. The molecular formula is C10H19F3N2. The molecule has 1 rings (SSSR count). The van der Waals surface area contributed by atoms with E-state index in [1.807, 2.05) is 4.90 Å². The molecule has 0 saturated carbocycles. The van der Waals surface area contributed by atoms with Gasteiger partial charge in [0, 0.05) is 13.1 Å². The summed E-state index contributed by atoms with van der Waals surface area (Å²) in [6.45, 7) is 4.30. The molecule has 15 heavy (non-hydrogen) atoms. The number of alkyl halides is 3. The number of hydrogen-bond donors (Lipinski definition) is 1. The third kappa shape index (κ3) is 4.38. The van der Waals surface area contributed by atoms with Gasteiger partial charge in [-0.2, -0.15) is 13.2 Å². The van der Waals surface area contributed by atoms with E-state index in [2.05, 4.69) is 6.92 Å². The van der Waals surface area contributed by atoms with E-state index in [0.29, 0.717) is 24.9 Å². The molecule has 2 nitrogen and oxygen atoms in total. The molecule has 5 heteroatoms. The number of rotatable bonds is 3. The van der Waals surface area contributed by atoms with Gasteiger partial charge in [-0.1, -0.05) is 6.92 Å². The Balaban J connectivity index is 2.32. The molecule has 0 amide bonds. The van der Waals surface area contributed by atoms with Gasteiger partial charge in [-0.25, -0.2) is 0 Å². The van der Waals surface area contributed by atoms with Crippen LogP contribution in [0.3, 0.4) is 0 Å². The van der Waals surface area contributed by atoms with E-state index in [9.17, 15) is 13.2 Å². The lowest BCUT2D eigenvalue weighted by Crippen LogP contribution is -2.43. The maximum atomic E-state index is 12.0. The molecule has 2 atom stereocenters. The highest BCUT2D eigenvalue weighted by molar-refractivity contribution is 4.78. The van der Waals surface area contributed by atoms with Crippen molar-refractivity contribution in [3.63, 3.8) is 0 Å². The second-order valence-electron chi connectivity index (χ2n) is 4.43. The van der Waals surface area contributed by atoms with E-state index < -0.39 is 12.6 Å². The number of piperidine rings is 1. The molecule has 90 valence electrons. The van der Waals surface area contributed by atoms with Crippen molar-refractivity contribution in [2.45, 2.75) is 25.9 Å². The smallest absolute Gasteiger partial charge is 0.330 e. The molecule has 1 aliphatic rings. The fraction of sp³-hybridized carbons (Fsp3) is 1.00. The Morgan fingerprint density at radius 3 is 2.60 bits per heavy atom. The number of nitrogens with two attached hydrogens (primary N) is 1. The molecule has 0 bridgehead atoms. The summed E-state index contributed by atoms with van der Waals surface area (Å²) in [5.74, 6) is 0.893. The zero-order valence-electron chi connectivity index (χ0n) is 9.06.